The predicted molar refractivity (Wildman–Crippen MR) is 73.3 cm³/mol. The molecule has 0 atom stereocenters. The van der Waals surface area contributed by atoms with Crippen LogP contribution in [-0.4, -0.2) is 33.3 Å². The first-order chi connectivity index (χ1) is 9.10. The number of aliphatic hydroxyl groups excluding tert-OH is 1. The summed E-state index contributed by atoms with van der Waals surface area (Å²) in [6, 6.07) is 6.24. The highest BCUT2D eigenvalue weighted by atomic mass is 32.2. The number of ether oxygens (including phenoxy) is 1. The van der Waals surface area contributed by atoms with Crippen LogP contribution in [0.5, 0.6) is 0 Å². The summed E-state index contributed by atoms with van der Waals surface area (Å²) in [7, 11) is -3.53. The van der Waals surface area contributed by atoms with Gasteiger partial charge >= 0.3 is 0 Å². The maximum atomic E-state index is 11.9. The lowest BCUT2D eigenvalue weighted by Gasteiger charge is -2.08. The van der Waals surface area contributed by atoms with E-state index < -0.39 is 10.0 Å². The van der Waals surface area contributed by atoms with E-state index in [9.17, 15) is 8.42 Å². The van der Waals surface area contributed by atoms with E-state index in [0.29, 0.717) is 18.8 Å². The van der Waals surface area contributed by atoms with Gasteiger partial charge in [-0.3, -0.25) is 0 Å². The van der Waals surface area contributed by atoms with E-state index in [4.69, 9.17) is 9.84 Å². The normalized spacial score (nSPS) is 11.7. The van der Waals surface area contributed by atoms with Crippen LogP contribution >= 0.6 is 0 Å². The molecule has 0 unspecified atom stereocenters. The lowest BCUT2D eigenvalue weighted by atomic mass is 10.2. The summed E-state index contributed by atoms with van der Waals surface area (Å²) in [4.78, 5) is 0.160. The van der Waals surface area contributed by atoms with Crippen molar-refractivity contribution >= 4 is 10.0 Å². The van der Waals surface area contributed by atoms with Crippen molar-refractivity contribution in [3.8, 4) is 0 Å². The molecule has 0 aliphatic carbocycles. The average Bonchev–Trinajstić information content (AvgIpc) is 2.43. The minimum Gasteiger partial charge on any atom is -0.392 e. The van der Waals surface area contributed by atoms with Crippen molar-refractivity contribution in [1.82, 2.24) is 4.72 Å². The third kappa shape index (κ3) is 5.69. The van der Waals surface area contributed by atoms with Gasteiger partial charge in [0.25, 0.3) is 0 Å². The molecule has 0 radical (unpaired) electrons. The highest BCUT2D eigenvalue weighted by Crippen LogP contribution is 2.11. The first kappa shape index (κ1) is 16.1. The average molecular weight is 287 g/mol. The largest absolute Gasteiger partial charge is 0.392 e. The van der Waals surface area contributed by atoms with E-state index in [0.717, 1.165) is 12.8 Å². The standard InChI is InChI=1S/C13H21NO4S/c1-2-3-8-18-9-7-14-19(16,17)13-6-4-5-12(10-13)11-15/h4-6,10,14-15H,2-3,7-9,11H2,1H3. The maximum absolute atomic E-state index is 11.9. The van der Waals surface area contributed by atoms with Gasteiger partial charge in [-0.1, -0.05) is 25.5 Å². The van der Waals surface area contributed by atoms with Crippen LogP contribution < -0.4 is 4.72 Å². The number of sulfonamides is 1. The first-order valence-corrected chi connectivity index (χ1v) is 7.85. The second kappa shape index (κ2) is 8.27. The second-order valence-electron chi connectivity index (χ2n) is 4.17. The molecule has 0 bridgehead atoms. The summed E-state index contributed by atoms with van der Waals surface area (Å²) in [5.41, 5.74) is 0.571. The second-order valence-corrected chi connectivity index (χ2v) is 5.94. The molecule has 0 saturated heterocycles. The molecular weight excluding hydrogens is 266 g/mol. The Morgan fingerprint density at radius 2 is 2.11 bits per heavy atom. The maximum Gasteiger partial charge on any atom is 0.240 e. The quantitative estimate of drug-likeness (QED) is 0.671. The van der Waals surface area contributed by atoms with Crippen molar-refractivity contribution in [2.24, 2.45) is 0 Å². The summed E-state index contributed by atoms with van der Waals surface area (Å²) in [6.07, 6.45) is 2.03. The molecule has 0 heterocycles. The van der Waals surface area contributed by atoms with Gasteiger partial charge in [0.2, 0.25) is 10.0 Å². The Bertz CT molecular complexity index is 473. The topological polar surface area (TPSA) is 75.6 Å². The Hall–Kier alpha value is -0.950. The van der Waals surface area contributed by atoms with Crippen LogP contribution in [-0.2, 0) is 21.4 Å². The highest BCUT2D eigenvalue weighted by Gasteiger charge is 2.13. The van der Waals surface area contributed by atoms with Gasteiger partial charge in [0.05, 0.1) is 18.1 Å². The Morgan fingerprint density at radius 3 is 2.79 bits per heavy atom. The van der Waals surface area contributed by atoms with E-state index in [2.05, 4.69) is 11.6 Å². The number of rotatable bonds is 9. The van der Waals surface area contributed by atoms with Gasteiger partial charge in [0.1, 0.15) is 0 Å². The molecule has 0 aliphatic rings. The summed E-state index contributed by atoms with van der Waals surface area (Å²) in [5.74, 6) is 0. The van der Waals surface area contributed by atoms with Gasteiger partial charge < -0.3 is 9.84 Å². The van der Waals surface area contributed by atoms with Crippen molar-refractivity contribution in [2.45, 2.75) is 31.3 Å². The monoisotopic (exact) mass is 287 g/mol. The summed E-state index contributed by atoms with van der Waals surface area (Å²) >= 11 is 0. The van der Waals surface area contributed by atoms with Gasteiger partial charge in [0.15, 0.2) is 0 Å². The number of nitrogens with one attached hydrogen (secondary N) is 1. The van der Waals surface area contributed by atoms with Crippen molar-refractivity contribution in [3.63, 3.8) is 0 Å². The predicted octanol–water partition coefficient (Wildman–Crippen LogP) is 1.27. The number of aliphatic hydroxyl groups is 1. The van der Waals surface area contributed by atoms with E-state index >= 15 is 0 Å². The lowest BCUT2D eigenvalue weighted by molar-refractivity contribution is 0.136. The number of unbranched alkanes of at least 4 members (excludes halogenated alkanes) is 1. The Morgan fingerprint density at radius 1 is 1.32 bits per heavy atom. The SMILES string of the molecule is CCCCOCCNS(=O)(=O)c1cccc(CO)c1. The van der Waals surface area contributed by atoms with Crippen molar-refractivity contribution in [3.05, 3.63) is 29.8 Å². The van der Waals surface area contributed by atoms with Gasteiger partial charge in [-0.05, 0) is 24.1 Å². The molecule has 0 aromatic heterocycles. The van der Waals surface area contributed by atoms with E-state index in [-0.39, 0.29) is 18.0 Å². The smallest absolute Gasteiger partial charge is 0.240 e. The fourth-order valence-electron chi connectivity index (χ4n) is 1.49. The van der Waals surface area contributed by atoms with Crippen LogP contribution in [0.1, 0.15) is 25.3 Å². The number of benzene rings is 1. The zero-order valence-electron chi connectivity index (χ0n) is 11.1. The Labute approximate surface area is 114 Å². The molecule has 1 aromatic carbocycles. The Kier molecular flexibility index (Phi) is 7.01. The van der Waals surface area contributed by atoms with E-state index in [1.165, 1.54) is 12.1 Å². The summed E-state index contributed by atoms with van der Waals surface area (Å²) in [6.45, 7) is 3.15. The molecule has 0 amide bonds. The third-order valence-electron chi connectivity index (χ3n) is 2.57. The molecule has 0 aliphatic heterocycles. The minimum absolute atomic E-state index is 0.160. The van der Waals surface area contributed by atoms with Crippen LogP contribution in [0.3, 0.4) is 0 Å². The fourth-order valence-corrected chi connectivity index (χ4v) is 2.57. The van der Waals surface area contributed by atoms with Gasteiger partial charge in [-0.15, -0.1) is 0 Å². The third-order valence-corrected chi connectivity index (χ3v) is 4.03. The van der Waals surface area contributed by atoms with Gasteiger partial charge in [-0.25, -0.2) is 13.1 Å². The molecule has 1 rings (SSSR count). The van der Waals surface area contributed by atoms with Crippen molar-refractivity contribution < 1.29 is 18.3 Å². The molecule has 19 heavy (non-hydrogen) atoms. The molecule has 6 heteroatoms. The molecule has 0 spiro atoms. The molecule has 0 saturated carbocycles. The molecule has 2 N–H and O–H groups in total. The first-order valence-electron chi connectivity index (χ1n) is 6.37. The van der Waals surface area contributed by atoms with Gasteiger partial charge in [0, 0.05) is 13.2 Å². The lowest BCUT2D eigenvalue weighted by Crippen LogP contribution is -2.27. The van der Waals surface area contributed by atoms with Crippen LogP contribution in [0, 0.1) is 0 Å². The molecule has 5 nitrogen and oxygen atoms in total. The summed E-state index contributed by atoms with van der Waals surface area (Å²) in [5, 5.41) is 8.99. The molecule has 108 valence electrons. The fraction of sp³-hybridized carbons (Fsp3) is 0.538. The number of hydrogen-bond acceptors (Lipinski definition) is 4. The zero-order valence-corrected chi connectivity index (χ0v) is 11.9. The molecule has 0 fully saturated rings. The zero-order chi connectivity index (χ0) is 14.1. The highest BCUT2D eigenvalue weighted by molar-refractivity contribution is 7.89. The van der Waals surface area contributed by atoms with Crippen molar-refractivity contribution in [1.29, 1.82) is 0 Å². The molecule has 1 aromatic rings. The van der Waals surface area contributed by atoms with Crippen LogP contribution in [0.25, 0.3) is 0 Å². The van der Waals surface area contributed by atoms with Crippen molar-refractivity contribution in [2.75, 3.05) is 19.8 Å². The molecular formula is C13H21NO4S. The summed E-state index contributed by atoms with van der Waals surface area (Å²) < 4.78 is 31.6. The van der Waals surface area contributed by atoms with E-state index in [1.807, 2.05) is 0 Å². The van der Waals surface area contributed by atoms with Crippen LogP contribution in [0.2, 0.25) is 0 Å². The van der Waals surface area contributed by atoms with Gasteiger partial charge in [-0.2, -0.15) is 0 Å². The van der Waals surface area contributed by atoms with E-state index in [1.54, 1.807) is 12.1 Å². The minimum atomic E-state index is -3.53. The number of hydrogen-bond donors (Lipinski definition) is 2. The van der Waals surface area contributed by atoms with Crippen LogP contribution in [0.15, 0.2) is 29.2 Å². The van der Waals surface area contributed by atoms with Crippen LogP contribution in [0.4, 0.5) is 0 Å². The Balaban J connectivity index is 2.46.